The SMILES string of the molecule is c1ccc(-c2ccc(N(c3ccc4c5cc6ccccc6cc5n(-c5ccccc5)c4c3)c3cccc4sc5ccccc5c34)cc2)cc1. The number of benzene rings is 8. The molecule has 0 amide bonds. The van der Waals surface area contributed by atoms with Crippen molar-refractivity contribution >= 4 is 81.1 Å². The van der Waals surface area contributed by atoms with Crippen LogP contribution >= 0.6 is 11.3 Å². The van der Waals surface area contributed by atoms with E-state index in [0.29, 0.717) is 0 Å². The van der Waals surface area contributed by atoms with Crippen molar-refractivity contribution in [2.75, 3.05) is 4.90 Å². The summed E-state index contributed by atoms with van der Waals surface area (Å²) in [6.07, 6.45) is 0. The van der Waals surface area contributed by atoms with E-state index in [-0.39, 0.29) is 0 Å². The van der Waals surface area contributed by atoms with Crippen molar-refractivity contribution in [2.45, 2.75) is 0 Å². The largest absolute Gasteiger partial charge is 0.310 e. The minimum absolute atomic E-state index is 1.12. The molecule has 0 N–H and O–H groups in total. The van der Waals surface area contributed by atoms with E-state index in [4.69, 9.17) is 0 Å². The van der Waals surface area contributed by atoms with Gasteiger partial charge < -0.3 is 9.47 Å². The number of para-hydroxylation sites is 1. The molecule has 0 saturated heterocycles. The monoisotopic (exact) mass is 642 g/mol. The van der Waals surface area contributed by atoms with Crippen LogP contribution in [0.5, 0.6) is 0 Å². The highest BCUT2D eigenvalue weighted by Crippen LogP contribution is 2.46. The molecule has 0 spiro atoms. The predicted molar refractivity (Wildman–Crippen MR) is 211 cm³/mol. The highest BCUT2D eigenvalue weighted by atomic mass is 32.1. The third-order valence-electron chi connectivity index (χ3n) is 9.74. The molecule has 10 rings (SSSR count). The van der Waals surface area contributed by atoms with Gasteiger partial charge in [-0.15, -0.1) is 11.3 Å². The van der Waals surface area contributed by atoms with E-state index < -0.39 is 0 Å². The number of anilines is 3. The van der Waals surface area contributed by atoms with Gasteiger partial charge in [-0.3, -0.25) is 0 Å². The molecule has 0 bridgehead atoms. The quantitative estimate of drug-likeness (QED) is 0.181. The molecule has 0 unspecified atom stereocenters. The highest BCUT2D eigenvalue weighted by Gasteiger charge is 2.21. The zero-order valence-electron chi connectivity index (χ0n) is 26.6. The van der Waals surface area contributed by atoms with Crippen molar-refractivity contribution in [3.05, 3.63) is 182 Å². The summed E-state index contributed by atoms with van der Waals surface area (Å²) in [6.45, 7) is 0. The molecular weight excluding hydrogens is 613 g/mol. The van der Waals surface area contributed by atoms with Crippen molar-refractivity contribution in [2.24, 2.45) is 0 Å². The zero-order chi connectivity index (χ0) is 32.3. The summed E-state index contributed by atoms with van der Waals surface area (Å²) in [5.41, 5.74) is 9.38. The van der Waals surface area contributed by atoms with Crippen LogP contribution in [-0.2, 0) is 0 Å². The van der Waals surface area contributed by atoms with Crippen molar-refractivity contribution in [1.29, 1.82) is 0 Å². The number of fused-ring (bicyclic) bond motifs is 7. The molecule has 2 nitrogen and oxygen atoms in total. The fraction of sp³-hybridized carbons (Fsp3) is 0. The summed E-state index contributed by atoms with van der Waals surface area (Å²) in [5.74, 6) is 0. The molecule has 8 aromatic carbocycles. The molecule has 0 radical (unpaired) electrons. The zero-order valence-corrected chi connectivity index (χ0v) is 27.4. The van der Waals surface area contributed by atoms with Crippen LogP contribution in [0.1, 0.15) is 0 Å². The number of hydrogen-bond donors (Lipinski definition) is 0. The van der Waals surface area contributed by atoms with E-state index in [2.05, 4.69) is 191 Å². The van der Waals surface area contributed by atoms with Gasteiger partial charge >= 0.3 is 0 Å². The summed E-state index contributed by atoms with van der Waals surface area (Å²) in [4.78, 5) is 2.44. The summed E-state index contributed by atoms with van der Waals surface area (Å²) >= 11 is 1.86. The van der Waals surface area contributed by atoms with Crippen molar-refractivity contribution in [3.63, 3.8) is 0 Å². The lowest BCUT2D eigenvalue weighted by Gasteiger charge is -2.27. The van der Waals surface area contributed by atoms with E-state index >= 15 is 0 Å². The molecule has 0 aliphatic rings. The number of rotatable bonds is 5. The van der Waals surface area contributed by atoms with Crippen molar-refractivity contribution in [3.8, 4) is 16.8 Å². The van der Waals surface area contributed by atoms with Gasteiger partial charge in [-0.05, 0) is 88.6 Å². The lowest BCUT2D eigenvalue weighted by Crippen LogP contribution is -2.10. The summed E-state index contributed by atoms with van der Waals surface area (Å²) < 4.78 is 5.02. The molecule has 230 valence electrons. The van der Waals surface area contributed by atoms with Gasteiger partial charge in [-0.2, -0.15) is 0 Å². The second kappa shape index (κ2) is 11.2. The second-order valence-electron chi connectivity index (χ2n) is 12.6. The molecule has 2 aromatic heterocycles. The first kappa shape index (κ1) is 27.9. The first-order chi connectivity index (χ1) is 24.3. The molecule has 0 aliphatic carbocycles. The topological polar surface area (TPSA) is 8.17 Å². The van der Waals surface area contributed by atoms with Crippen LogP contribution in [0.4, 0.5) is 17.1 Å². The van der Waals surface area contributed by atoms with Gasteiger partial charge in [-0.1, -0.05) is 115 Å². The van der Waals surface area contributed by atoms with Crippen LogP contribution in [0.25, 0.3) is 69.6 Å². The van der Waals surface area contributed by atoms with Gasteiger partial charge in [0, 0.05) is 48.0 Å². The number of thiophene rings is 1. The maximum atomic E-state index is 2.44. The van der Waals surface area contributed by atoms with Gasteiger partial charge in [0.2, 0.25) is 0 Å². The molecular formula is C46H30N2S. The predicted octanol–water partition coefficient (Wildman–Crippen LogP) is 13.4. The summed E-state index contributed by atoms with van der Waals surface area (Å²) in [6, 6.07) is 66.2. The van der Waals surface area contributed by atoms with Gasteiger partial charge in [0.25, 0.3) is 0 Å². The lowest BCUT2D eigenvalue weighted by atomic mass is 10.0. The minimum atomic E-state index is 1.12. The molecule has 0 aliphatic heterocycles. The Morgan fingerprint density at radius 2 is 1.04 bits per heavy atom. The summed E-state index contributed by atoms with van der Waals surface area (Å²) in [5, 5.41) is 7.56. The first-order valence-electron chi connectivity index (χ1n) is 16.7. The van der Waals surface area contributed by atoms with Crippen LogP contribution in [0, 0.1) is 0 Å². The number of nitrogens with zero attached hydrogens (tertiary/aromatic N) is 2. The third kappa shape index (κ3) is 4.55. The maximum Gasteiger partial charge on any atom is 0.0561 e. The van der Waals surface area contributed by atoms with E-state index in [1.54, 1.807) is 0 Å². The van der Waals surface area contributed by atoms with Gasteiger partial charge in [0.1, 0.15) is 0 Å². The Hall–Kier alpha value is -6.16. The van der Waals surface area contributed by atoms with Crippen LogP contribution in [0.15, 0.2) is 182 Å². The standard InChI is InChI=1S/C46H30N2S/c1-3-12-31(13-4-1)32-22-24-36(25-23-32)47(41-19-11-21-45-46(41)39-18-9-10-20-44(39)49-45)37-26-27-38-40-28-33-14-7-8-15-34(33)29-42(40)48(43(38)30-37)35-16-5-2-6-17-35/h1-30H. The average molecular weight is 643 g/mol. The van der Waals surface area contributed by atoms with Gasteiger partial charge in [-0.25, -0.2) is 0 Å². The molecule has 2 heterocycles. The normalized spacial score (nSPS) is 11.7. The van der Waals surface area contributed by atoms with Crippen LogP contribution in [0.2, 0.25) is 0 Å². The Kier molecular flexibility index (Phi) is 6.39. The van der Waals surface area contributed by atoms with Gasteiger partial charge in [0.15, 0.2) is 0 Å². The Bertz CT molecular complexity index is 2810. The molecule has 49 heavy (non-hydrogen) atoms. The molecule has 0 saturated carbocycles. The Labute approximate surface area is 288 Å². The number of hydrogen-bond acceptors (Lipinski definition) is 2. The van der Waals surface area contributed by atoms with E-state index in [1.807, 2.05) is 11.3 Å². The number of aromatic nitrogens is 1. The Morgan fingerprint density at radius 3 is 1.86 bits per heavy atom. The Balaban J connectivity index is 1.26. The van der Waals surface area contributed by atoms with Crippen LogP contribution in [0.3, 0.4) is 0 Å². The Morgan fingerprint density at radius 1 is 0.408 bits per heavy atom. The van der Waals surface area contributed by atoms with E-state index in [1.165, 1.54) is 69.6 Å². The van der Waals surface area contributed by atoms with Crippen LogP contribution < -0.4 is 4.90 Å². The molecule has 10 aromatic rings. The maximum absolute atomic E-state index is 2.44. The minimum Gasteiger partial charge on any atom is -0.310 e. The van der Waals surface area contributed by atoms with Crippen molar-refractivity contribution in [1.82, 2.24) is 4.57 Å². The summed E-state index contributed by atoms with van der Waals surface area (Å²) in [7, 11) is 0. The fourth-order valence-corrected chi connectivity index (χ4v) is 8.62. The average Bonchev–Trinajstić information content (AvgIpc) is 3.70. The van der Waals surface area contributed by atoms with Crippen molar-refractivity contribution < 1.29 is 0 Å². The lowest BCUT2D eigenvalue weighted by molar-refractivity contribution is 1.18. The van der Waals surface area contributed by atoms with E-state index in [0.717, 1.165) is 17.1 Å². The second-order valence-corrected chi connectivity index (χ2v) is 13.7. The molecule has 3 heteroatoms. The smallest absolute Gasteiger partial charge is 0.0561 e. The highest BCUT2D eigenvalue weighted by molar-refractivity contribution is 7.26. The third-order valence-corrected chi connectivity index (χ3v) is 10.9. The first-order valence-corrected chi connectivity index (χ1v) is 17.5. The molecule has 0 fully saturated rings. The molecule has 0 atom stereocenters. The van der Waals surface area contributed by atoms with E-state index in [9.17, 15) is 0 Å². The van der Waals surface area contributed by atoms with Gasteiger partial charge in [0.05, 0.1) is 16.7 Å². The fourth-order valence-electron chi connectivity index (χ4n) is 7.49. The van der Waals surface area contributed by atoms with Crippen LogP contribution in [-0.4, -0.2) is 4.57 Å².